The molecule has 10 heteroatoms. The third kappa shape index (κ3) is 6.11. The van der Waals surface area contributed by atoms with Crippen molar-refractivity contribution in [2.75, 3.05) is 13.2 Å². The van der Waals surface area contributed by atoms with Gasteiger partial charge in [-0.15, -0.1) is 0 Å². The van der Waals surface area contributed by atoms with Gasteiger partial charge in [-0.3, -0.25) is 14.9 Å². The van der Waals surface area contributed by atoms with Crippen molar-refractivity contribution in [3.05, 3.63) is 99.6 Å². The molecule has 0 saturated carbocycles. The first-order valence-electron chi connectivity index (χ1n) is 11.3. The maximum atomic E-state index is 12.8. The fourth-order valence-electron chi connectivity index (χ4n) is 4.42. The average molecular weight is 524 g/mol. The highest BCUT2D eigenvalue weighted by molar-refractivity contribution is 7.88. The smallest absolute Gasteiger partial charge is 0.407 e. The van der Waals surface area contributed by atoms with Crippen LogP contribution in [0.1, 0.15) is 42.0 Å². The van der Waals surface area contributed by atoms with Crippen molar-refractivity contribution in [3.63, 3.8) is 0 Å². The molecule has 0 aromatic heterocycles. The lowest BCUT2D eigenvalue weighted by molar-refractivity contribution is -0.385. The SMILES string of the molecule is CCNC(=O)CC(NC(=O)OCC1c2ccccc2-c2ccccc21)c1ccccc1[N+](=O)[O-].P=S. The summed E-state index contributed by atoms with van der Waals surface area (Å²) in [4.78, 5) is 36.0. The molecule has 0 radical (unpaired) electrons. The van der Waals surface area contributed by atoms with Crippen LogP contribution < -0.4 is 10.6 Å². The maximum absolute atomic E-state index is 12.8. The minimum atomic E-state index is -0.913. The van der Waals surface area contributed by atoms with Crippen molar-refractivity contribution >= 4 is 37.5 Å². The van der Waals surface area contributed by atoms with Gasteiger partial charge in [0.25, 0.3) is 5.69 Å². The van der Waals surface area contributed by atoms with Gasteiger partial charge in [0.15, 0.2) is 0 Å². The van der Waals surface area contributed by atoms with Crippen molar-refractivity contribution in [1.29, 1.82) is 0 Å². The molecule has 2 amide bonds. The molecule has 36 heavy (non-hydrogen) atoms. The number of amides is 2. The van der Waals surface area contributed by atoms with Crippen molar-refractivity contribution < 1.29 is 19.2 Å². The maximum Gasteiger partial charge on any atom is 0.407 e. The molecule has 3 aromatic carbocycles. The average Bonchev–Trinajstić information content (AvgIpc) is 3.22. The summed E-state index contributed by atoms with van der Waals surface area (Å²) in [5.41, 5.74) is 4.45. The molecule has 0 spiro atoms. The Morgan fingerprint density at radius 2 is 1.56 bits per heavy atom. The van der Waals surface area contributed by atoms with E-state index in [9.17, 15) is 19.7 Å². The van der Waals surface area contributed by atoms with Gasteiger partial charge in [0.05, 0.1) is 22.9 Å². The van der Waals surface area contributed by atoms with Gasteiger partial charge in [0.1, 0.15) is 6.61 Å². The lowest BCUT2D eigenvalue weighted by atomic mass is 9.98. The number of rotatable bonds is 8. The van der Waals surface area contributed by atoms with Crippen molar-refractivity contribution in [2.45, 2.75) is 25.3 Å². The minimum Gasteiger partial charge on any atom is -0.449 e. The number of nitrogens with zero attached hydrogens (tertiary/aromatic N) is 1. The molecule has 0 bridgehead atoms. The van der Waals surface area contributed by atoms with Crippen LogP contribution in [0.15, 0.2) is 72.8 Å². The third-order valence-corrected chi connectivity index (χ3v) is 5.91. The van der Waals surface area contributed by atoms with E-state index in [4.69, 9.17) is 4.74 Å². The first kappa shape index (κ1) is 26.9. The number of nitro groups is 1. The Hall–Kier alpha value is -3.68. The molecule has 1 aliphatic rings. The summed E-state index contributed by atoms with van der Waals surface area (Å²) in [5.74, 6) is -0.448. The van der Waals surface area contributed by atoms with Gasteiger partial charge >= 0.3 is 6.09 Å². The molecular formula is C26H26N3O5PS. The summed E-state index contributed by atoms with van der Waals surface area (Å²) >= 11 is 3.89. The molecule has 1 aliphatic carbocycles. The molecular weight excluding hydrogens is 497 g/mol. The fourth-order valence-corrected chi connectivity index (χ4v) is 4.42. The molecule has 1 unspecified atom stereocenters. The van der Waals surface area contributed by atoms with E-state index in [1.807, 2.05) is 48.5 Å². The molecule has 0 heterocycles. The Bertz CT molecular complexity index is 1210. The highest BCUT2D eigenvalue weighted by Crippen LogP contribution is 2.44. The van der Waals surface area contributed by atoms with Crippen LogP contribution in [0.4, 0.5) is 10.5 Å². The summed E-state index contributed by atoms with van der Waals surface area (Å²) < 4.78 is 5.58. The number of para-hydroxylation sites is 1. The van der Waals surface area contributed by atoms with Gasteiger partial charge < -0.3 is 15.4 Å². The molecule has 186 valence electrons. The van der Waals surface area contributed by atoms with Crippen molar-refractivity contribution in [3.8, 4) is 11.1 Å². The van der Waals surface area contributed by atoms with Crippen molar-refractivity contribution in [1.82, 2.24) is 10.6 Å². The standard InChI is InChI=1S/C26H25N3O5.HPS/c1-2-27-25(30)15-23(21-13-7-8-14-24(21)29(32)33)28-26(31)34-16-22-19-11-5-3-9-17(19)18-10-4-6-12-20(18)22;1-2/h3-14,22-23H,2,15-16H2,1H3,(H,27,30)(H,28,31);1H. The van der Waals surface area contributed by atoms with Crippen LogP contribution >= 0.6 is 8.02 Å². The molecule has 0 saturated heterocycles. The number of benzene rings is 3. The zero-order valence-corrected chi connectivity index (χ0v) is 21.4. The zero-order chi connectivity index (χ0) is 26.1. The molecule has 0 fully saturated rings. The Morgan fingerprint density at radius 3 is 2.14 bits per heavy atom. The van der Waals surface area contributed by atoms with Gasteiger partial charge in [0, 0.05) is 18.5 Å². The Morgan fingerprint density at radius 1 is 1.00 bits per heavy atom. The monoisotopic (exact) mass is 523 g/mol. The fraction of sp³-hybridized carbons (Fsp3) is 0.231. The summed E-state index contributed by atoms with van der Waals surface area (Å²) in [6.07, 6.45) is -0.891. The topological polar surface area (TPSA) is 111 Å². The molecule has 2 N–H and O–H groups in total. The minimum absolute atomic E-state index is 0.102. The van der Waals surface area contributed by atoms with E-state index < -0.39 is 17.1 Å². The molecule has 1 atom stereocenters. The number of ether oxygens (including phenoxy) is 1. The van der Waals surface area contributed by atoms with Crippen LogP contribution in [0.3, 0.4) is 0 Å². The highest BCUT2D eigenvalue weighted by atomic mass is 32.4. The van der Waals surface area contributed by atoms with E-state index in [-0.39, 0.29) is 36.1 Å². The number of nitro benzene ring substituents is 1. The zero-order valence-electron chi connectivity index (χ0n) is 19.6. The second kappa shape index (κ2) is 12.9. The predicted octanol–water partition coefficient (Wildman–Crippen LogP) is 5.29. The summed E-state index contributed by atoms with van der Waals surface area (Å²) in [6, 6.07) is 21.1. The quantitative estimate of drug-likeness (QED) is 0.236. The van der Waals surface area contributed by atoms with E-state index in [0.717, 1.165) is 22.3 Å². The van der Waals surface area contributed by atoms with E-state index in [1.165, 1.54) is 18.2 Å². The summed E-state index contributed by atoms with van der Waals surface area (Å²) in [5, 5.41) is 16.8. The lowest BCUT2D eigenvalue weighted by Gasteiger charge is -2.20. The number of hydrogen-bond donors (Lipinski definition) is 2. The predicted molar refractivity (Wildman–Crippen MR) is 143 cm³/mol. The first-order chi connectivity index (χ1) is 17.5. The molecule has 4 rings (SSSR count). The lowest BCUT2D eigenvalue weighted by Crippen LogP contribution is -2.35. The molecule has 8 nitrogen and oxygen atoms in total. The summed E-state index contributed by atoms with van der Waals surface area (Å²) in [7, 11) is 2.56. The largest absolute Gasteiger partial charge is 0.449 e. The van der Waals surface area contributed by atoms with Gasteiger partial charge in [-0.1, -0.05) is 78.5 Å². The van der Waals surface area contributed by atoms with Crippen LogP contribution in [-0.2, 0) is 21.3 Å². The number of carbonyl (C=O) groups excluding carboxylic acids is 2. The van der Waals surface area contributed by atoms with E-state index >= 15 is 0 Å². The summed E-state index contributed by atoms with van der Waals surface area (Å²) in [6.45, 7) is 2.29. The number of carbonyl (C=O) groups is 2. The van der Waals surface area contributed by atoms with Crippen LogP contribution in [0.2, 0.25) is 0 Å². The Balaban J connectivity index is 0.00000176. The van der Waals surface area contributed by atoms with Crippen molar-refractivity contribution in [2.24, 2.45) is 0 Å². The number of fused-ring (bicyclic) bond motifs is 3. The van der Waals surface area contributed by atoms with Gasteiger partial charge in [-0.25, -0.2) is 4.79 Å². The van der Waals surface area contributed by atoms with Crippen LogP contribution in [0.5, 0.6) is 0 Å². The van der Waals surface area contributed by atoms with Crippen LogP contribution in [-0.4, -0.2) is 30.1 Å². The highest BCUT2D eigenvalue weighted by Gasteiger charge is 2.30. The van der Waals surface area contributed by atoms with Gasteiger partial charge in [-0.2, -0.15) is 0 Å². The Labute approximate surface area is 216 Å². The second-order valence-corrected chi connectivity index (χ2v) is 8.00. The second-order valence-electron chi connectivity index (χ2n) is 8.00. The normalized spacial score (nSPS) is 12.2. The number of alkyl carbamates (subject to hydrolysis) is 1. The first-order valence-corrected chi connectivity index (χ1v) is 12.9. The molecule has 0 aliphatic heterocycles. The number of hydrogen-bond acceptors (Lipinski definition) is 6. The Kier molecular flexibility index (Phi) is 9.61. The van der Waals surface area contributed by atoms with Gasteiger partial charge in [-0.05, 0) is 37.2 Å². The number of nitrogens with one attached hydrogen (secondary N) is 2. The van der Waals surface area contributed by atoms with E-state index in [2.05, 4.69) is 30.5 Å². The van der Waals surface area contributed by atoms with Crippen LogP contribution in [0, 0.1) is 10.1 Å². The van der Waals surface area contributed by atoms with Gasteiger partial charge in [0.2, 0.25) is 5.91 Å². The van der Waals surface area contributed by atoms with E-state index in [1.54, 1.807) is 13.0 Å². The van der Waals surface area contributed by atoms with Crippen LogP contribution in [0.25, 0.3) is 11.1 Å². The van der Waals surface area contributed by atoms with E-state index in [0.29, 0.717) is 6.54 Å². The third-order valence-electron chi connectivity index (χ3n) is 5.91. The molecule has 3 aromatic rings.